The van der Waals surface area contributed by atoms with Crippen LogP contribution in [0.1, 0.15) is 23.3 Å². The first-order valence-electron chi connectivity index (χ1n) is 9.32. The van der Waals surface area contributed by atoms with Gasteiger partial charge in [0.05, 0.1) is 26.0 Å². The maximum absolute atomic E-state index is 12.4. The van der Waals surface area contributed by atoms with Gasteiger partial charge in [0.25, 0.3) is 0 Å². The lowest BCUT2D eigenvalue weighted by molar-refractivity contribution is 0.0932. The van der Waals surface area contributed by atoms with Crippen LogP contribution in [0.4, 0.5) is 0 Å². The summed E-state index contributed by atoms with van der Waals surface area (Å²) >= 11 is 0. The van der Waals surface area contributed by atoms with Gasteiger partial charge in [-0.25, -0.2) is 4.98 Å². The van der Waals surface area contributed by atoms with Crippen LogP contribution in [-0.2, 0) is 0 Å². The summed E-state index contributed by atoms with van der Waals surface area (Å²) in [5.74, 6) is 2.87. The Morgan fingerprint density at radius 2 is 1.93 bits per heavy atom. The molecule has 0 radical (unpaired) electrons. The molecule has 1 aromatic carbocycles. The quantitative estimate of drug-likeness (QED) is 0.791. The highest BCUT2D eigenvalue weighted by atomic mass is 16.5. The molecule has 2 heterocycles. The molecule has 0 bridgehead atoms. The molecular formula is C21H24N2O4. The Balaban J connectivity index is 1.29. The number of carbonyl (C=O) groups excluding carboxylic acids is 1. The van der Waals surface area contributed by atoms with E-state index in [-0.39, 0.29) is 17.6 Å². The number of benzene rings is 1. The molecule has 2 aromatic rings. The van der Waals surface area contributed by atoms with Crippen LogP contribution in [0.25, 0.3) is 0 Å². The molecule has 0 spiro atoms. The summed E-state index contributed by atoms with van der Waals surface area (Å²) in [7, 11) is 1.66. The van der Waals surface area contributed by atoms with Crippen molar-refractivity contribution in [3.8, 4) is 17.2 Å². The number of carbonyl (C=O) groups is 1. The summed E-state index contributed by atoms with van der Waals surface area (Å²) in [5.41, 5.74) is 0.407. The zero-order valence-electron chi connectivity index (χ0n) is 15.4. The van der Waals surface area contributed by atoms with Crippen LogP contribution in [-0.4, -0.2) is 53.6 Å². The van der Waals surface area contributed by atoms with Crippen LogP contribution in [0.3, 0.4) is 0 Å². The second-order valence-corrected chi connectivity index (χ2v) is 7.43. The van der Waals surface area contributed by atoms with Gasteiger partial charge in [-0.1, -0.05) is 6.07 Å². The predicted octanol–water partition coefficient (Wildman–Crippen LogP) is 2.77. The predicted molar refractivity (Wildman–Crippen MR) is 100 cm³/mol. The standard InChI is InChI=1S/C21H24N2O4/c1-26-17-3-2-4-18(9-17)27-19-7-14-11-23(12-15(14)8-19)13-21(25)20-6-5-16(24)10-22-20/h2-6,9-10,14-15,19,24H,7-8,11-13H2,1H3. The minimum absolute atomic E-state index is 0.000783. The number of nitrogens with zero attached hydrogens (tertiary/aromatic N) is 2. The fourth-order valence-corrected chi connectivity index (χ4v) is 4.27. The zero-order chi connectivity index (χ0) is 18.8. The number of hydrogen-bond acceptors (Lipinski definition) is 6. The molecule has 142 valence electrons. The maximum Gasteiger partial charge on any atom is 0.195 e. The first-order valence-corrected chi connectivity index (χ1v) is 9.32. The van der Waals surface area contributed by atoms with E-state index >= 15 is 0 Å². The van der Waals surface area contributed by atoms with E-state index in [1.165, 1.54) is 12.3 Å². The van der Waals surface area contributed by atoms with E-state index in [1.54, 1.807) is 13.2 Å². The van der Waals surface area contributed by atoms with E-state index in [1.807, 2.05) is 24.3 Å². The molecule has 1 N–H and O–H groups in total. The van der Waals surface area contributed by atoms with Gasteiger partial charge in [0.15, 0.2) is 5.78 Å². The van der Waals surface area contributed by atoms with Crippen molar-refractivity contribution in [3.63, 3.8) is 0 Å². The Kier molecular flexibility index (Phi) is 4.99. The van der Waals surface area contributed by atoms with Crippen LogP contribution < -0.4 is 9.47 Å². The first-order chi connectivity index (χ1) is 13.1. The van der Waals surface area contributed by atoms with Crippen LogP contribution in [0.15, 0.2) is 42.6 Å². The summed E-state index contributed by atoms with van der Waals surface area (Å²) in [6.07, 6.45) is 3.57. The molecule has 27 heavy (non-hydrogen) atoms. The molecule has 6 nitrogen and oxygen atoms in total. The monoisotopic (exact) mass is 368 g/mol. The Morgan fingerprint density at radius 1 is 1.19 bits per heavy atom. The fourth-order valence-electron chi connectivity index (χ4n) is 4.27. The molecule has 1 aliphatic heterocycles. The Morgan fingerprint density at radius 3 is 2.59 bits per heavy atom. The normalized spacial score (nSPS) is 24.6. The number of aromatic hydroxyl groups is 1. The SMILES string of the molecule is COc1cccc(OC2CC3CN(CC(=O)c4ccc(O)cn4)CC3C2)c1. The van der Waals surface area contributed by atoms with Gasteiger partial charge in [0.1, 0.15) is 22.9 Å². The number of rotatable bonds is 6. The van der Waals surface area contributed by atoms with Gasteiger partial charge in [-0.3, -0.25) is 9.69 Å². The van der Waals surface area contributed by atoms with E-state index in [0.29, 0.717) is 24.1 Å². The Hall–Kier alpha value is -2.60. The average Bonchev–Trinajstić information content (AvgIpc) is 3.20. The minimum atomic E-state index is -0.000783. The van der Waals surface area contributed by atoms with E-state index in [9.17, 15) is 9.90 Å². The lowest BCUT2D eigenvalue weighted by atomic mass is 10.0. The van der Waals surface area contributed by atoms with Crippen molar-refractivity contribution >= 4 is 5.78 Å². The number of likely N-dealkylation sites (tertiary alicyclic amines) is 1. The molecule has 2 atom stereocenters. The van der Waals surface area contributed by atoms with Gasteiger partial charge in [0.2, 0.25) is 0 Å². The highest BCUT2D eigenvalue weighted by molar-refractivity contribution is 5.95. The lowest BCUT2D eigenvalue weighted by Gasteiger charge is -2.19. The van der Waals surface area contributed by atoms with Gasteiger partial charge >= 0.3 is 0 Å². The van der Waals surface area contributed by atoms with Gasteiger partial charge in [-0.05, 0) is 48.9 Å². The Bertz CT molecular complexity index is 794. The molecular weight excluding hydrogens is 344 g/mol. The maximum atomic E-state index is 12.4. The molecule has 4 rings (SSSR count). The van der Waals surface area contributed by atoms with Crippen molar-refractivity contribution in [1.29, 1.82) is 0 Å². The fraction of sp³-hybridized carbons (Fsp3) is 0.429. The smallest absolute Gasteiger partial charge is 0.195 e. The molecule has 1 aliphatic carbocycles. The zero-order valence-corrected chi connectivity index (χ0v) is 15.4. The lowest BCUT2D eigenvalue weighted by Crippen LogP contribution is -2.30. The number of Topliss-reactive ketones (excluding diaryl/α,β-unsaturated/α-hetero) is 1. The van der Waals surface area contributed by atoms with Crippen molar-refractivity contribution in [2.45, 2.75) is 18.9 Å². The van der Waals surface area contributed by atoms with Crippen molar-refractivity contribution < 1.29 is 19.4 Å². The van der Waals surface area contributed by atoms with E-state index in [4.69, 9.17) is 9.47 Å². The number of aromatic nitrogens is 1. The molecule has 6 heteroatoms. The van der Waals surface area contributed by atoms with Crippen LogP contribution in [0, 0.1) is 11.8 Å². The van der Waals surface area contributed by atoms with Crippen LogP contribution in [0.2, 0.25) is 0 Å². The molecule has 2 fully saturated rings. The van der Waals surface area contributed by atoms with Gasteiger partial charge in [0, 0.05) is 19.2 Å². The van der Waals surface area contributed by atoms with E-state index in [0.717, 1.165) is 37.4 Å². The van der Waals surface area contributed by atoms with Gasteiger partial charge in [-0.15, -0.1) is 0 Å². The van der Waals surface area contributed by atoms with Gasteiger partial charge < -0.3 is 14.6 Å². The number of ether oxygens (including phenoxy) is 2. The summed E-state index contributed by atoms with van der Waals surface area (Å²) in [6.45, 7) is 2.23. The number of ketones is 1. The second-order valence-electron chi connectivity index (χ2n) is 7.43. The van der Waals surface area contributed by atoms with Crippen molar-refractivity contribution in [3.05, 3.63) is 48.3 Å². The molecule has 2 aliphatic rings. The van der Waals surface area contributed by atoms with Gasteiger partial charge in [-0.2, -0.15) is 0 Å². The van der Waals surface area contributed by atoms with Crippen molar-refractivity contribution in [2.24, 2.45) is 11.8 Å². The molecule has 2 unspecified atom stereocenters. The van der Waals surface area contributed by atoms with Crippen LogP contribution >= 0.6 is 0 Å². The summed E-state index contributed by atoms with van der Waals surface area (Å²) < 4.78 is 11.4. The third-order valence-corrected chi connectivity index (χ3v) is 5.53. The van der Waals surface area contributed by atoms with E-state index in [2.05, 4.69) is 9.88 Å². The topological polar surface area (TPSA) is 71.9 Å². The number of methoxy groups -OCH3 is 1. The Labute approximate surface area is 158 Å². The minimum Gasteiger partial charge on any atom is -0.506 e. The number of pyridine rings is 1. The van der Waals surface area contributed by atoms with Crippen LogP contribution in [0.5, 0.6) is 17.2 Å². The molecule has 0 amide bonds. The summed E-state index contributed by atoms with van der Waals surface area (Å²) in [4.78, 5) is 18.6. The summed E-state index contributed by atoms with van der Waals surface area (Å²) in [5, 5.41) is 9.29. The second kappa shape index (κ2) is 7.56. The molecule has 1 saturated carbocycles. The number of hydrogen-bond donors (Lipinski definition) is 1. The van der Waals surface area contributed by atoms with Crippen molar-refractivity contribution in [2.75, 3.05) is 26.7 Å². The third kappa shape index (κ3) is 4.06. The molecule has 1 aromatic heterocycles. The highest BCUT2D eigenvalue weighted by Gasteiger charge is 2.42. The van der Waals surface area contributed by atoms with E-state index < -0.39 is 0 Å². The summed E-state index contributed by atoms with van der Waals surface area (Å²) in [6, 6.07) is 10.8. The van der Waals surface area contributed by atoms with Crippen molar-refractivity contribution in [1.82, 2.24) is 9.88 Å². The number of fused-ring (bicyclic) bond motifs is 1. The first kappa shape index (κ1) is 17.8. The highest BCUT2D eigenvalue weighted by Crippen LogP contribution is 2.40. The average molecular weight is 368 g/mol. The molecule has 1 saturated heterocycles. The largest absolute Gasteiger partial charge is 0.506 e. The third-order valence-electron chi connectivity index (χ3n) is 5.53.